The van der Waals surface area contributed by atoms with Gasteiger partial charge >= 0.3 is 0 Å². The van der Waals surface area contributed by atoms with E-state index in [9.17, 15) is 8.42 Å². The molecule has 2 aromatic carbocycles. The summed E-state index contributed by atoms with van der Waals surface area (Å²) in [6, 6.07) is 12.5. The predicted molar refractivity (Wildman–Crippen MR) is 103 cm³/mol. The Bertz CT molecular complexity index is 831. The van der Waals surface area contributed by atoms with Crippen LogP contribution in [0.1, 0.15) is 11.1 Å². The van der Waals surface area contributed by atoms with E-state index in [1.807, 2.05) is 24.3 Å². The molecule has 1 aliphatic rings. The molecule has 0 aliphatic carbocycles. The molecule has 26 heavy (non-hydrogen) atoms. The summed E-state index contributed by atoms with van der Waals surface area (Å²) in [5, 5.41) is 0.205. The number of nitrogens with zero attached hydrogens (tertiary/aromatic N) is 1. The number of sulfonamides is 1. The topological polar surface area (TPSA) is 58.6 Å². The average molecular weight is 415 g/mol. The molecule has 0 amide bonds. The maximum atomic E-state index is 12.5. The SMILES string of the molecule is O=S(=O)(NCc1ccc(CN2CCOCC2)cc1)c1c(Cl)cccc1Cl. The molecule has 8 heteroatoms. The fraction of sp³-hybridized carbons (Fsp3) is 0.333. The van der Waals surface area contributed by atoms with Gasteiger partial charge in [0.1, 0.15) is 4.90 Å². The van der Waals surface area contributed by atoms with Crippen LogP contribution < -0.4 is 4.72 Å². The highest BCUT2D eigenvalue weighted by Gasteiger charge is 2.21. The molecule has 0 radical (unpaired) electrons. The standard InChI is InChI=1S/C18H20Cl2N2O3S/c19-16-2-1-3-17(20)18(16)26(23,24)21-12-14-4-6-15(7-5-14)13-22-8-10-25-11-9-22/h1-7,21H,8-13H2. The monoisotopic (exact) mass is 414 g/mol. The van der Waals surface area contributed by atoms with Crippen LogP contribution in [-0.4, -0.2) is 39.6 Å². The molecule has 0 saturated carbocycles. The van der Waals surface area contributed by atoms with Crippen molar-refractivity contribution in [3.63, 3.8) is 0 Å². The lowest BCUT2D eigenvalue weighted by Gasteiger charge is -2.26. The molecule has 1 heterocycles. The third-order valence-corrected chi connectivity index (χ3v) is 6.54. The molecule has 1 saturated heterocycles. The van der Waals surface area contributed by atoms with Crippen molar-refractivity contribution in [1.82, 2.24) is 9.62 Å². The zero-order chi connectivity index (χ0) is 18.6. The van der Waals surface area contributed by atoms with Crippen molar-refractivity contribution in [2.24, 2.45) is 0 Å². The van der Waals surface area contributed by atoms with Crippen LogP contribution >= 0.6 is 23.2 Å². The molecule has 0 aromatic heterocycles. The molecule has 0 unspecified atom stereocenters. The third-order valence-electron chi connectivity index (χ3n) is 4.19. The number of halogens is 2. The van der Waals surface area contributed by atoms with Crippen LogP contribution in [0.25, 0.3) is 0 Å². The highest BCUT2D eigenvalue weighted by Crippen LogP contribution is 2.28. The summed E-state index contributed by atoms with van der Waals surface area (Å²) in [4.78, 5) is 2.24. The Morgan fingerprint density at radius 1 is 0.962 bits per heavy atom. The predicted octanol–water partition coefficient (Wildman–Crippen LogP) is 3.30. The van der Waals surface area contributed by atoms with E-state index < -0.39 is 10.0 Å². The highest BCUT2D eigenvalue weighted by atomic mass is 35.5. The number of hydrogen-bond acceptors (Lipinski definition) is 4. The van der Waals surface area contributed by atoms with Crippen molar-refractivity contribution in [3.05, 3.63) is 63.6 Å². The molecule has 5 nitrogen and oxygen atoms in total. The quantitative estimate of drug-likeness (QED) is 0.787. The second kappa shape index (κ2) is 8.69. The number of hydrogen-bond donors (Lipinski definition) is 1. The smallest absolute Gasteiger partial charge is 0.243 e. The molecule has 3 rings (SSSR count). The van der Waals surface area contributed by atoms with E-state index in [1.54, 1.807) is 6.07 Å². The lowest BCUT2D eigenvalue weighted by atomic mass is 10.1. The van der Waals surface area contributed by atoms with Crippen molar-refractivity contribution in [2.75, 3.05) is 26.3 Å². The molecule has 0 atom stereocenters. The van der Waals surface area contributed by atoms with E-state index in [0.29, 0.717) is 0 Å². The Morgan fingerprint density at radius 3 is 2.15 bits per heavy atom. The first-order chi connectivity index (χ1) is 12.5. The Morgan fingerprint density at radius 2 is 1.54 bits per heavy atom. The van der Waals surface area contributed by atoms with E-state index in [0.717, 1.165) is 38.4 Å². The maximum Gasteiger partial charge on any atom is 0.243 e. The lowest BCUT2D eigenvalue weighted by Crippen LogP contribution is -2.35. The van der Waals surface area contributed by atoms with Gasteiger partial charge in [0, 0.05) is 26.2 Å². The fourth-order valence-electron chi connectivity index (χ4n) is 2.77. The zero-order valence-electron chi connectivity index (χ0n) is 14.1. The van der Waals surface area contributed by atoms with Crippen molar-refractivity contribution in [3.8, 4) is 0 Å². The van der Waals surface area contributed by atoms with Gasteiger partial charge in [-0.2, -0.15) is 0 Å². The highest BCUT2D eigenvalue weighted by molar-refractivity contribution is 7.89. The van der Waals surface area contributed by atoms with Gasteiger partial charge in [-0.25, -0.2) is 13.1 Å². The van der Waals surface area contributed by atoms with Gasteiger partial charge in [0.05, 0.1) is 23.3 Å². The minimum Gasteiger partial charge on any atom is -0.379 e. The van der Waals surface area contributed by atoms with Gasteiger partial charge in [-0.05, 0) is 23.3 Å². The summed E-state index contributed by atoms with van der Waals surface area (Å²) < 4.78 is 32.9. The second-order valence-electron chi connectivity index (χ2n) is 6.08. The Kier molecular flexibility index (Phi) is 6.55. The van der Waals surface area contributed by atoms with Gasteiger partial charge in [0.15, 0.2) is 0 Å². The summed E-state index contributed by atoms with van der Waals surface area (Å²) in [6.07, 6.45) is 0. The van der Waals surface area contributed by atoms with E-state index in [4.69, 9.17) is 27.9 Å². The summed E-state index contributed by atoms with van der Waals surface area (Å²) in [5.41, 5.74) is 2.05. The van der Waals surface area contributed by atoms with Crippen LogP contribution in [0.4, 0.5) is 0 Å². The van der Waals surface area contributed by atoms with Crippen LogP contribution in [0, 0.1) is 0 Å². The Labute approximate surface area is 163 Å². The van der Waals surface area contributed by atoms with Gasteiger partial charge in [-0.1, -0.05) is 53.5 Å². The first kappa shape index (κ1) is 19.6. The first-order valence-electron chi connectivity index (χ1n) is 8.27. The van der Waals surface area contributed by atoms with E-state index in [1.165, 1.54) is 17.7 Å². The van der Waals surface area contributed by atoms with Crippen molar-refractivity contribution >= 4 is 33.2 Å². The van der Waals surface area contributed by atoms with Crippen LogP contribution in [0.15, 0.2) is 47.4 Å². The minimum atomic E-state index is -3.79. The molecular weight excluding hydrogens is 395 g/mol. The largest absolute Gasteiger partial charge is 0.379 e. The summed E-state index contributed by atoms with van der Waals surface area (Å²) in [6.45, 7) is 4.43. The van der Waals surface area contributed by atoms with E-state index in [-0.39, 0.29) is 21.5 Å². The van der Waals surface area contributed by atoms with Crippen molar-refractivity contribution in [1.29, 1.82) is 0 Å². The van der Waals surface area contributed by atoms with Gasteiger partial charge in [0.2, 0.25) is 10.0 Å². The summed E-state index contributed by atoms with van der Waals surface area (Å²) in [5.74, 6) is 0. The van der Waals surface area contributed by atoms with Gasteiger partial charge in [-0.15, -0.1) is 0 Å². The van der Waals surface area contributed by atoms with E-state index in [2.05, 4.69) is 9.62 Å². The van der Waals surface area contributed by atoms with Gasteiger partial charge in [0.25, 0.3) is 0 Å². The molecule has 1 fully saturated rings. The molecular formula is C18H20Cl2N2O3S. The molecule has 1 aliphatic heterocycles. The Balaban J connectivity index is 1.62. The van der Waals surface area contributed by atoms with Crippen LogP contribution in [0.5, 0.6) is 0 Å². The number of morpholine rings is 1. The molecule has 140 valence electrons. The number of rotatable bonds is 6. The Hall–Kier alpha value is -1.15. The summed E-state index contributed by atoms with van der Waals surface area (Å²) in [7, 11) is -3.79. The lowest BCUT2D eigenvalue weighted by molar-refractivity contribution is 0.0342. The van der Waals surface area contributed by atoms with Crippen LogP contribution in [0.3, 0.4) is 0 Å². The van der Waals surface area contributed by atoms with Crippen LogP contribution in [-0.2, 0) is 27.8 Å². The number of benzene rings is 2. The van der Waals surface area contributed by atoms with Gasteiger partial charge < -0.3 is 4.74 Å². The molecule has 0 spiro atoms. The van der Waals surface area contributed by atoms with Crippen molar-refractivity contribution in [2.45, 2.75) is 18.0 Å². The molecule has 2 aromatic rings. The maximum absolute atomic E-state index is 12.5. The van der Waals surface area contributed by atoms with E-state index >= 15 is 0 Å². The second-order valence-corrected chi connectivity index (χ2v) is 8.60. The molecule has 0 bridgehead atoms. The minimum absolute atomic E-state index is 0.0905. The average Bonchev–Trinajstić information content (AvgIpc) is 2.62. The third kappa shape index (κ3) is 4.97. The van der Waals surface area contributed by atoms with Crippen molar-refractivity contribution < 1.29 is 13.2 Å². The number of nitrogens with one attached hydrogen (secondary N) is 1. The normalized spacial score (nSPS) is 15.9. The number of ether oxygens (including phenoxy) is 1. The fourth-order valence-corrected chi connectivity index (χ4v) is 4.93. The first-order valence-corrected chi connectivity index (χ1v) is 10.5. The van der Waals surface area contributed by atoms with Gasteiger partial charge in [-0.3, -0.25) is 4.90 Å². The summed E-state index contributed by atoms with van der Waals surface area (Å²) >= 11 is 12.0. The molecule has 1 N–H and O–H groups in total. The van der Waals surface area contributed by atoms with Crippen LogP contribution in [0.2, 0.25) is 10.0 Å². The zero-order valence-corrected chi connectivity index (χ0v) is 16.4.